The summed E-state index contributed by atoms with van der Waals surface area (Å²) in [5, 5.41) is 4.05. The van der Waals surface area contributed by atoms with Crippen LogP contribution in [0, 0.1) is 0 Å². The molecule has 1 N–H and O–H groups in total. The molecule has 0 bridgehead atoms. The first kappa shape index (κ1) is 17.4. The second kappa shape index (κ2) is 11.1. The van der Waals surface area contributed by atoms with E-state index in [1.807, 2.05) is 18.2 Å². The number of hydrogen-bond acceptors (Lipinski definition) is 2. The molecule has 3 heteroatoms. The quantitative estimate of drug-likeness (QED) is 0.380. The van der Waals surface area contributed by atoms with Crippen LogP contribution < -0.4 is 5.43 Å². The summed E-state index contributed by atoms with van der Waals surface area (Å²) in [4.78, 5) is 11.6. The van der Waals surface area contributed by atoms with Gasteiger partial charge in [0, 0.05) is 18.6 Å². The second-order valence-electron chi connectivity index (χ2n) is 5.53. The van der Waals surface area contributed by atoms with Gasteiger partial charge in [-0.25, -0.2) is 5.43 Å². The summed E-state index contributed by atoms with van der Waals surface area (Å²) in [7, 11) is 0. The highest BCUT2D eigenvalue weighted by Crippen LogP contribution is 2.11. The average Bonchev–Trinajstić information content (AvgIpc) is 2.51. The lowest BCUT2D eigenvalue weighted by Crippen LogP contribution is -2.17. The Balaban J connectivity index is 2.13. The zero-order valence-corrected chi connectivity index (χ0v) is 13.3. The Morgan fingerprint density at radius 2 is 1.81 bits per heavy atom. The number of nitrogens with zero attached hydrogens (tertiary/aromatic N) is 1. The highest BCUT2D eigenvalue weighted by Gasteiger charge is 2.02. The smallest absolute Gasteiger partial charge is 0.240 e. The molecule has 3 nitrogen and oxygen atoms in total. The first-order chi connectivity index (χ1) is 10.2. The number of benzene rings is 1. The van der Waals surface area contributed by atoms with Gasteiger partial charge in [0.2, 0.25) is 5.91 Å². The number of unbranched alkanes of at least 4 members (excludes halogenated alkanes) is 5. The van der Waals surface area contributed by atoms with E-state index >= 15 is 0 Å². The molecule has 0 aromatic heterocycles. The third-order valence-corrected chi connectivity index (χ3v) is 3.57. The number of amides is 1. The lowest BCUT2D eigenvalue weighted by atomic mass is 10.0. The van der Waals surface area contributed by atoms with Gasteiger partial charge in [0.25, 0.3) is 0 Å². The normalized spacial score (nSPS) is 12.5. The molecule has 0 radical (unpaired) electrons. The number of rotatable bonds is 10. The molecule has 21 heavy (non-hydrogen) atoms. The molecule has 1 atom stereocenters. The number of nitrogens with one attached hydrogen (secondary N) is 1. The lowest BCUT2D eigenvalue weighted by Gasteiger charge is -2.05. The average molecular weight is 288 g/mol. The molecule has 0 spiro atoms. The topological polar surface area (TPSA) is 41.5 Å². The van der Waals surface area contributed by atoms with Crippen molar-refractivity contribution in [1.29, 1.82) is 0 Å². The molecule has 0 saturated carbocycles. The maximum Gasteiger partial charge on any atom is 0.240 e. The molecular weight excluding hydrogens is 260 g/mol. The van der Waals surface area contributed by atoms with Crippen LogP contribution in [-0.4, -0.2) is 12.1 Å². The summed E-state index contributed by atoms with van der Waals surface area (Å²) in [5.74, 6) is 0.225. The van der Waals surface area contributed by atoms with Crippen LogP contribution in [0.2, 0.25) is 0 Å². The van der Waals surface area contributed by atoms with E-state index in [0.717, 1.165) is 12.8 Å². The zero-order chi connectivity index (χ0) is 15.3. The van der Waals surface area contributed by atoms with Crippen LogP contribution in [-0.2, 0) is 4.79 Å². The van der Waals surface area contributed by atoms with E-state index < -0.39 is 0 Å². The van der Waals surface area contributed by atoms with Crippen molar-refractivity contribution in [2.45, 2.75) is 64.7 Å². The van der Waals surface area contributed by atoms with Crippen LogP contribution >= 0.6 is 0 Å². The van der Waals surface area contributed by atoms with E-state index in [0.29, 0.717) is 6.42 Å². The molecule has 0 aliphatic rings. The van der Waals surface area contributed by atoms with Crippen molar-refractivity contribution < 1.29 is 4.79 Å². The van der Waals surface area contributed by atoms with E-state index in [1.165, 1.54) is 31.2 Å². The molecule has 1 aromatic rings. The fourth-order valence-corrected chi connectivity index (χ4v) is 2.19. The predicted octanol–water partition coefficient (Wildman–Crippen LogP) is 4.64. The summed E-state index contributed by atoms with van der Waals surface area (Å²) in [5.41, 5.74) is 3.82. The monoisotopic (exact) mass is 288 g/mol. The molecule has 0 saturated heterocycles. The van der Waals surface area contributed by atoms with Crippen LogP contribution in [0.5, 0.6) is 0 Å². The van der Waals surface area contributed by atoms with Gasteiger partial charge in [0.05, 0.1) is 0 Å². The van der Waals surface area contributed by atoms with Crippen molar-refractivity contribution >= 4 is 12.1 Å². The van der Waals surface area contributed by atoms with Crippen molar-refractivity contribution in [2.75, 3.05) is 0 Å². The van der Waals surface area contributed by atoms with Gasteiger partial charge in [0.1, 0.15) is 0 Å². The summed E-state index contributed by atoms with van der Waals surface area (Å²) in [6.45, 7) is 4.28. The summed E-state index contributed by atoms with van der Waals surface area (Å²) < 4.78 is 0. The maximum absolute atomic E-state index is 11.6. The number of carbonyl (C=O) groups excluding carboxylic acids is 1. The minimum absolute atomic E-state index is 0.0157. The minimum atomic E-state index is 0.0157. The Labute approximate surface area is 128 Å². The van der Waals surface area contributed by atoms with Gasteiger partial charge in [-0.1, -0.05) is 76.3 Å². The largest absolute Gasteiger partial charge is 0.273 e. The molecule has 0 unspecified atom stereocenters. The third-order valence-electron chi connectivity index (χ3n) is 3.57. The highest BCUT2D eigenvalue weighted by atomic mass is 16.2. The van der Waals surface area contributed by atoms with Crippen molar-refractivity contribution in [3.05, 3.63) is 35.9 Å². The maximum atomic E-state index is 11.6. The van der Waals surface area contributed by atoms with Crippen LogP contribution in [0.4, 0.5) is 0 Å². The Hall–Kier alpha value is -1.64. The van der Waals surface area contributed by atoms with Gasteiger partial charge in [-0.2, -0.15) is 5.10 Å². The summed E-state index contributed by atoms with van der Waals surface area (Å²) in [6, 6.07) is 10.1. The Morgan fingerprint density at radius 1 is 1.14 bits per heavy atom. The van der Waals surface area contributed by atoms with E-state index in [2.05, 4.69) is 36.5 Å². The molecule has 0 fully saturated rings. The van der Waals surface area contributed by atoms with Crippen molar-refractivity contribution in [2.24, 2.45) is 5.10 Å². The van der Waals surface area contributed by atoms with E-state index in [1.54, 1.807) is 6.21 Å². The summed E-state index contributed by atoms with van der Waals surface area (Å²) >= 11 is 0. The fourth-order valence-electron chi connectivity index (χ4n) is 2.19. The van der Waals surface area contributed by atoms with Crippen molar-refractivity contribution in [1.82, 2.24) is 5.43 Å². The van der Waals surface area contributed by atoms with Gasteiger partial charge in [-0.15, -0.1) is 0 Å². The molecule has 116 valence electrons. The van der Waals surface area contributed by atoms with E-state index in [4.69, 9.17) is 0 Å². The Bertz CT molecular complexity index is 414. The van der Waals surface area contributed by atoms with Crippen molar-refractivity contribution in [3.63, 3.8) is 0 Å². The molecule has 1 amide bonds. The fraction of sp³-hybridized carbons (Fsp3) is 0.556. The van der Waals surface area contributed by atoms with Crippen LogP contribution in [0.25, 0.3) is 0 Å². The first-order valence-electron chi connectivity index (χ1n) is 8.11. The standard InChI is InChI=1S/C18H28N2O/c1-3-4-5-6-7-11-14-18(21)20-19-15-16(2)17-12-9-8-10-13-17/h8-10,12-13,15-16H,3-7,11,14H2,1-2H3,(H,20,21)/t16-/m1/s1. The van der Waals surface area contributed by atoms with Crippen LogP contribution in [0.15, 0.2) is 35.4 Å². The number of hydrazone groups is 1. The second-order valence-corrected chi connectivity index (χ2v) is 5.53. The highest BCUT2D eigenvalue weighted by molar-refractivity contribution is 5.77. The molecular formula is C18H28N2O. The first-order valence-corrected chi connectivity index (χ1v) is 8.11. The van der Waals surface area contributed by atoms with Crippen molar-refractivity contribution in [3.8, 4) is 0 Å². The van der Waals surface area contributed by atoms with Gasteiger partial charge in [-0.3, -0.25) is 4.79 Å². The third kappa shape index (κ3) is 8.28. The van der Waals surface area contributed by atoms with Gasteiger partial charge in [-0.05, 0) is 12.0 Å². The zero-order valence-electron chi connectivity index (χ0n) is 13.3. The van der Waals surface area contributed by atoms with Gasteiger partial charge < -0.3 is 0 Å². The molecule has 0 aliphatic heterocycles. The van der Waals surface area contributed by atoms with E-state index in [-0.39, 0.29) is 11.8 Å². The number of carbonyl (C=O) groups is 1. The predicted molar refractivity (Wildman–Crippen MR) is 89.5 cm³/mol. The van der Waals surface area contributed by atoms with Gasteiger partial charge in [0.15, 0.2) is 0 Å². The SMILES string of the molecule is CCCCCCCCC(=O)NN=C[C@@H](C)c1ccccc1. The van der Waals surface area contributed by atoms with Gasteiger partial charge >= 0.3 is 0 Å². The molecule has 1 aromatic carbocycles. The number of hydrogen-bond donors (Lipinski definition) is 1. The summed E-state index contributed by atoms with van der Waals surface area (Å²) in [6.07, 6.45) is 9.53. The Kier molecular flexibility index (Phi) is 9.18. The van der Waals surface area contributed by atoms with E-state index in [9.17, 15) is 4.79 Å². The molecule has 0 aliphatic carbocycles. The molecule has 1 rings (SSSR count). The van der Waals surface area contributed by atoms with Crippen LogP contribution in [0.3, 0.4) is 0 Å². The van der Waals surface area contributed by atoms with Crippen LogP contribution in [0.1, 0.15) is 70.3 Å². The lowest BCUT2D eigenvalue weighted by molar-refractivity contribution is -0.121. The Morgan fingerprint density at radius 3 is 2.52 bits per heavy atom. The minimum Gasteiger partial charge on any atom is -0.273 e. The molecule has 0 heterocycles.